The van der Waals surface area contributed by atoms with Crippen LogP contribution in [-0.4, -0.2) is 36.4 Å². The predicted octanol–water partition coefficient (Wildman–Crippen LogP) is 2.35. The van der Waals surface area contributed by atoms with Gasteiger partial charge in [0.15, 0.2) is 0 Å². The number of ether oxygens (including phenoxy) is 1. The van der Waals surface area contributed by atoms with Gasteiger partial charge in [-0.1, -0.05) is 39.0 Å². The van der Waals surface area contributed by atoms with Crippen LogP contribution in [0.4, 0.5) is 0 Å². The van der Waals surface area contributed by atoms with Gasteiger partial charge < -0.3 is 15.0 Å². The maximum atomic E-state index is 12.3. The Balaban J connectivity index is 1.81. The fraction of sp³-hybridized carbons (Fsp3) is 0.556. The molecular formula is C18H26N2O3. The molecule has 5 nitrogen and oxygen atoms in total. The van der Waals surface area contributed by atoms with E-state index >= 15 is 0 Å². The van der Waals surface area contributed by atoms with Crippen LogP contribution in [0.1, 0.15) is 39.2 Å². The first kappa shape index (κ1) is 17.3. The monoisotopic (exact) mass is 318 g/mol. The summed E-state index contributed by atoms with van der Waals surface area (Å²) in [5, 5.41) is 2.83. The maximum absolute atomic E-state index is 12.3. The molecule has 0 aromatic heterocycles. The van der Waals surface area contributed by atoms with Gasteiger partial charge in [-0.15, -0.1) is 0 Å². The second kappa shape index (κ2) is 7.49. The topological polar surface area (TPSA) is 58.6 Å². The highest BCUT2D eigenvalue weighted by molar-refractivity contribution is 5.79. The smallest absolute Gasteiger partial charge is 0.224 e. The number of nitrogens with zero attached hydrogens (tertiary/aromatic N) is 1. The normalized spacial score (nSPS) is 14.5. The Morgan fingerprint density at radius 3 is 2.74 bits per heavy atom. The highest BCUT2D eigenvalue weighted by atomic mass is 16.5. The Bertz CT molecular complexity index is 564. The van der Waals surface area contributed by atoms with E-state index in [1.807, 2.05) is 45.0 Å². The predicted molar refractivity (Wildman–Crippen MR) is 89.1 cm³/mol. The van der Waals surface area contributed by atoms with Gasteiger partial charge in [0.2, 0.25) is 11.8 Å². The maximum Gasteiger partial charge on any atom is 0.224 e. The molecule has 0 atom stereocenters. The molecule has 1 aliphatic heterocycles. The van der Waals surface area contributed by atoms with E-state index in [-0.39, 0.29) is 17.2 Å². The minimum atomic E-state index is -0.0417. The largest absolute Gasteiger partial charge is 0.491 e. The van der Waals surface area contributed by atoms with Crippen molar-refractivity contribution in [2.24, 2.45) is 5.41 Å². The summed E-state index contributed by atoms with van der Waals surface area (Å²) in [6, 6.07) is 7.78. The second-order valence-electron chi connectivity index (χ2n) is 7.11. The number of nitrogens with one attached hydrogen (secondary N) is 1. The lowest BCUT2D eigenvalue weighted by Gasteiger charge is -2.20. The van der Waals surface area contributed by atoms with Crippen molar-refractivity contribution < 1.29 is 14.3 Å². The van der Waals surface area contributed by atoms with E-state index in [0.29, 0.717) is 39.1 Å². The van der Waals surface area contributed by atoms with E-state index in [2.05, 4.69) is 5.32 Å². The first-order valence-corrected chi connectivity index (χ1v) is 8.10. The molecule has 1 aromatic carbocycles. The van der Waals surface area contributed by atoms with E-state index in [4.69, 9.17) is 4.74 Å². The number of hydrogen-bond donors (Lipinski definition) is 1. The SMILES string of the molecule is CC(C)(C)CC(=O)NCCC(=O)N1CCOc2ccccc2C1. The fourth-order valence-corrected chi connectivity index (χ4v) is 2.55. The standard InChI is InChI=1S/C18H26N2O3/c1-18(2,3)12-16(21)19-9-8-17(22)20-10-11-23-15-7-5-4-6-14(15)13-20/h4-7H,8-13H2,1-3H3,(H,19,21). The van der Waals surface area contributed by atoms with Crippen molar-refractivity contribution >= 4 is 11.8 Å². The molecule has 0 aliphatic carbocycles. The molecule has 0 unspecified atom stereocenters. The Morgan fingerprint density at radius 2 is 2.00 bits per heavy atom. The van der Waals surface area contributed by atoms with Gasteiger partial charge in [-0.2, -0.15) is 0 Å². The minimum absolute atomic E-state index is 0.00477. The molecule has 1 aromatic rings. The molecule has 0 saturated heterocycles. The number of amides is 2. The molecular weight excluding hydrogens is 292 g/mol. The fourth-order valence-electron chi connectivity index (χ4n) is 2.55. The van der Waals surface area contributed by atoms with Crippen LogP contribution in [0.3, 0.4) is 0 Å². The van der Waals surface area contributed by atoms with E-state index < -0.39 is 0 Å². The van der Waals surface area contributed by atoms with Gasteiger partial charge in [0.1, 0.15) is 12.4 Å². The molecule has 0 saturated carbocycles. The van der Waals surface area contributed by atoms with Gasteiger partial charge in [-0.3, -0.25) is 9.59 Å². The summed E-state index contributed by atoms with van der Waals surface area (Å²) >= 11 is 0. The van der Waals surface area contributed by atoms with Crippen LogP contribution < -0.4 is 10.1 Å². The summed E-state index contributed by atoms with van der Waals surface area (Å²) in [5.74, 6) is 0.887. The summed E-state index contributed by atoms with van der Waals surface area (Å²) in [6.07, 6.45) is 0.782. The van der Waals surface area contributed by atoms with Crippen LogP contribution in [-0.2, 0) is 16.1 Å². The van der Waals surface area contributed by atoms with Gasteiger partial charge in [0.25, 0.3) is 0 Å². The van der Waals surface area contributed by atoms with E-state index in [1.54, 1.807) is 4.90 Å². The number of fused-ring (bicyclic) bond motifs is 1. The van der Waals surface area contributed by atoms with Crippen molar-refractivity contribution in [3.05, 3.63) is 29.8 Å². The van der Waals surface area contributed by atoms with Crippen LogP contribution in [0.2, 0.25) is 0 Å². The van der Waals surface area contributed by atoms with Gasteiger partial charge in [-0.25, -0.2) is 0 Å². The molecule has 1 N–H and O–H groups in total. The third kappa shape index (κ3) is 5.58. The third-order valence-electron chi connectivity index (χ3n) is 3.66. The van der Waals surface area contributed by atoms with Crippen LogP contribution in [0, 0.1) is 5.41 Å². The third-order valence-corrected chi connectivity index (χ3v) is 3.66. The number of benzene rings is 1. The van der Waals surface area contributed by atoms with Crippen LogP contribution in [0.15, 0.2) is 24.3 Å². The molecule has 2 amide bonds. The Morgan fingerprint density at radius 1 is 1.26 bits per heavy atom. The molecule has 2 rings (SSSR count). The number of carbonyl (C=O) groups excluding carboxylic acids is 2. The summed E-state index contributed by atoms with van der Waals surface area (Å²) < 4.78 is 5.66. The first-order valence-electron chi connectivity index (χ1n) is 8.10. The lowest BCUT2D eigenvalue weighted by Crippen LogP contribution is -2.36. The van der Waals surface area contributed by atoms with E-state index in [0.717, 1.165) is 11.3 Å². The van der Waals surface area contributed by atoms with Gasteiger partial charge in [0.05, 0.1) is 6.54 Å². The van der Waals surface area contributed by atoms with E-state index in [1.165, 1.54) is 0 Å². The number of carbonyl (C=O) groups is 2. The lowest BCUT2D eigenvalue weighted by atomic mass is 9.92. The molecule has 5 heteroatoms. The molecule has 0 spiro atoms. The van der Waals surface area contributed by atoms with Crippen molar-refractivity contribution in [1.82, 2.24) is 10.2 Å². The Hall–Kier alpha value is -2.04. The molecule has 23 heavy (non-hydrogen) atoms. The number of para-hydroxylation sites is 1. The molecule has 1 aliphatic rings. The molecule has 1 heterocycles. The van der Waals surface area contributed by atoms with Gasteiger partial charge in [0, 0.05) is 31.5 Å². The average Bonchev–Trinajstić information content (AvgIpc) is 2.67. The highest BCUT2D eigenvalue weighted by Crippen LogP contribution is 2.22. The zero-order valence-corrected chi connectivity index (χ0v) is 14.2. The highest BCUT2D eigenvalue weighted by Gasteiger charge is 2.20. The second-order valence-corrected chi connectivity index (χ2v) is 7.11. The van der Waals surface area contributed by atoms with Crippen molar-refractivity contribution in [3.8, 4) is 5.75 Å². The van der Waals surface area contributed by atoms with Crippen molar-refractivity contribution in [3.63, 3.8) is 0 Å². The van der Waals surface area contributed by atoms with Gasteiger partial charge in [-0.05, 0) is 11.5 Å². The zero-order chi connectivity index (χ0) is 16.9. The molecule has 0 fully saturated rings. The van der Waals surface area contributed by atoms with Crippen molar-refractivity contribution in [1.29, 1.82) is 0 Å². The van der Waals surface area contributed by atoms with Crippen LogP contribution >= 0.6 is 0 Å². The molecule has 0 bridgehead atoms. The minimum Gasteiger partial charge on any atom is -0.491 e. The molecule has 126 valence electrons. The summed E-state index contributed by atoms with van der Waals surface area (Å²) in [6.45, 7) is 8.07. The number of rotatable bonds is 4. The van der Waals surface area contributed by atoms with Crippen molar-refractivity contribution in [2.45, 2.75) is 40.2 Å². The summed E-state index contributed by atoms with van der Waals surface area (Å²) in [7, 11) is 0. The van der Waals surface area contributed by atoms with E-state index in [9.17, 15) is 9.59 Å². The average molecular weight is 318 g/mol. The first-order chi connectivity index (χ1) is 10.8. The van der Waals surface area contributed by atoms with Crippen molar-refractivity contribution in [2.75, 3.05) is 19.7 Å². The molecule has 0 radical (unpaired) electrons. The zero-order valence-electron chi connectivity index (χ0n) is 14.2. The Kier molecular flexibility index (Phi) is 5.64. The van der Waals surface area contributed by atoms with Crippen LogP contribution in [0.25, 0.3) is 0 Å². The Labute approximate surface area is 138 Å². The summed E-state index contributed by atoms with van der Waals surface area (Å²) in [5.41, 5.74) is 0.982. The summed E-state index contributed by atoms with van der Waals surface area (Å²) in [4.78, 5) is 25.9. The number of hydrogen-bond acceptors (Lipinski definition) is 3. The van der Waals surface area contributed by atoms with Crippen LogP contribution in [0.5, 0.6) is 5.75 Å². The quantitative estimate of drug-likeness (QED) is 0.927. The van der Waals surface area contributed by atoms with Gasteiger partial charge >= 0.3 is 0 Å². The lowest BCUT2D eigenvalue weighted by molar-refractivity contribution is -0.132.